The van der Waals surface area contributed by atoms with Crippen LogP contribution < -0.4 is 14.5 Å². The topological polar surface area (TPSA) is 32.8 Å². The van der Waals surface area contributed by atoms with E-state index in [-0.39, 0.29) is 5.41 Å². The smallest absolute Gasteiger partial charge is 0.338 e. The van der Waals surface area contributed by atoms with Gasteiger partial charge in [-0.05, 0) is 202 Å². The van der Waals surface area contributed by atoms with Crippen molar-refractivity contribution in [3.8, 4) is 28.0 Å². The number of rotatable bonds is 13. The molecule has 0 aliphatic carbocycles. The second-order valence-electron chi connectivity index (χ2n) is 18.6. The third-order valence-corrected chi connectivity index (χ3v) is 13.4. The Balaban J connectivity index is 1.15. The van der Waals surface area contributed by atoms with E-state index in [9.17, 15) is 4.79 Å². The first kappa shape index (κ1) is 46.1. The summed E-state index contributed by atoms with van der Waals surface area (Å²) < 4.78 is 5.59. The van der Waals surface area contributed by atoms with Crippen molar-refractivity contribution in [2.24, 2.45) is 0 Å². The number of benzene rings is 8. The lowest BCUT2D eigenvalue weighted by Gasteiger charge is -2.33. The Morgan fingerprint density at radius 1 is 0.463 bits per heavy atom. The van der Waals surface area contributed by atoms with Crippen LogP contribution in [0.1, 0.15) is 77.3 Å². The van der Waals surface area contributed by atoms with Crippen molar-refractivity contribution < 1.29 is 9.53 Å². The minimum Gasteiger partial charge on any atom is -0.423 e. The molecule has 336 valence electrons. The Labute approximate surface area is 398 Å². The number of hydrogen-bond acceptors (Lipinski definition) is 4. The van der Waals surface area contributed by atoms with Gasteiger partial charge in [-0.2, -0.15) is 0 Å². The molecule has 0 amide bonds. The molecule has 0 bridgehead atoms. The van der Waals surface area contributed by atoms with Crippen LogP contribution >= 0.6 is 0 Å². The van der Waals surface area contributed by atoms with E-state index in [2.05, 4.69) is 224 Å². The Hall–Kier alpha value is -7.43. The third-order valence-electron chi connectivity index (χ3n) is 13.4. The van der Waals surface area contributed by atoms with Crippen molar-refractivity contribution in [3.05, 3.63) is 232 Å². The number of anilines is 6. The van der Waals surface area contributed by atoms with Gasteiger partial charge < -0.3 is 14.5 Å². The molecular weight excluding hydrogens is 817 g/mol. The second-order valence-corrected chi connectivity index (χ2v) is 18.6. The van der Waals surface area contributed by atoms with Gasteiger partial charge in [0.1, 0.15) is 5.75 Å². The summed E-state index contributed by atoms with van der Waals surface area (Å²) in [4.78, 5) is 17.1. The number of carbonyl (C=O) groups is 1. The molecule has 8 aromatic carbocycles. The van der Waals surface area contributed by atoms with Crippen molar-refractivity contribution in [1.82, 2.24) is 0 Å². The minimum atomic E-state index is -0.440. The van der Waals surface area contributed by atoms with E-state index in [0.717, 1.165) is 46.0 Å². The van der Waals surface area contributed by atoms with Crippen molar-refractivity contribution in [3.63, 3.8) is 0 Å². The van der Waals surface area contributed by atoms with Crippen molar-refractivity contribution in [2.45, 2.75) is 81.1 Å². The second kappa shape index (κ2) is 19.2. The van der Waals surface area contributed by atoms with Crippen LogP contribution in [0.5, 0.6) is 5.75 Å². The predicted octanol–water partition coefficient (Wildman–Crippen LogP) is 17.3. The van der Waals surface area contributed by atoms with Crippen molar-refractivity contribution in [2.75, 3.05) is 9.80 Å². The lowest BCUT2D eigenvalue weighted by Crippen LogP contribution is -2.23. The number of carbonyl (C=O) groups excluding carboxylic acids is 1. The minimum absolute atomic E-state index is 0.256. The summed E-state index contributed by atoms with van der Waals surface area (Å²) in [6.45, 7) is 25.3. The van der Waals surface area contributed by atoms with Gasteiger partial charge in [0.25, 0.3) is 0 Å². The molecule has 0 N–H and O–H groups in total. The molecule has 0 fully saturated rings. The van der Waals surface area contributed by atoms with E-state index in [0.29, 0.717) is 11.3 Å². The summed E-state index contributed by atoms with van der Waals surface area (Å²) in [7, 11) is 0. The zero-order chi connectivity index (χ0) is 47.6. The van der Waals surface area contributed by atoms with Gasteiger partial charge in [-0.1, -0.05) is 122 Å². The molecule has 1 unspecified atom stereocenters. The van der Waals surface area contributed by atoms with Crippen LogP contribution in [0.4, 0.5) is 34.1 Å². The summed E-state index contributed by atoms with van der Waals surface area (Å²) in [6, 6.07) is 61.5. The standard InChI is InChI=1S/C63H62N2O2/c1-12-63(11,53-23-29-56(30-24-53)64(55-27-17-44(6)18-28-55)60-45(7)37-51(38-46(60)8)49-19-13-42(4)14-20-49)54-25-31-57(32-26-54)65(58-33-35-59(36-34-58)67-62(66)41(2)3)61-47(9)39-52(40-48(61)10)50-21-15-43(5)16-22-50/h13-40H,2,12H2,1,3-11H3. The lowest BCUT2D eigenvalue weighted by molar-refractivity contribution is -0.130. The normalized spacial score (nSPS) is 12.0. The Morgan fingerprint density at radius 3 is 1.07 bits per heavy atom. The molecule has 0 aliphatic heterocycles. The predicted molar refractivity (Wildman–Crippen MR) is 283 cm³/mol. The van der Waals surface area contributed by atoms with Gasteiger partial charge in [-0.3, -0.25) is 0 Å². The van der Waals surface area contributed by atoms with Gasteiger partial charge in [0, 0.05) is 33.7 Å². The molecule has 1 atom stereocenters. The Morgan fingerprint density at radius 2 is 0.761 bits per heavy atom. The first-order chi connectivity index (χ1) is 32.1. The SMILES string of the molecule is C=C(C)C(=O)Oc1ccc(N(c2ccc(C(C)(CC)c3ccc(N(c4ccc(C)cc4)c4c(C)cc(-c5ccc(C)cc5)cc4C)cc3)cc2)c2c(C)cc(-c3ccc(C)cc3)cc2C)cc1. The summed E-state index contributed by atoms with van der Waals surface area (Å²) in [6.07, 6.45) is 0.916. The molecule has 0 saturated carbocycles. The monoisotopic (exact) mass is 878 g/mol. The number of aryl methyl sites for hydroxylation is 7. The number of nitrogens with zero attached hydrogens (tertiary/aromatic N) is 2. The molecule has 8 rings (SSSR count). The van der Waals surface area contributed by atoms with Crippen LogP contribution in [0.2, 0.25) is 0 Å². The van der Waals surface area contributed by atoms with E-state index >= 15 is 0 Å². The van der Waals surface area contributed by atoms with E-state index in [1.54, 1.807) is 6.92 Å². The molecule has 0 aromatic heterocycles. The Kier molecular flexibility index (Phi) is 13.2. The zero-order valence-electron chi connectivity index (χ0n) is 40.8. The quantitative estimate of drug-likeness (QED) is 0.0656. The maximum absolute atomic E-state index is 12.4. The molecule has 67 heavy (non-hydrogen) atoms. The van der Waals surface area contributed by atoms with Crippen molar-refractivity contribution in [1.29, 1.82) is 0 Å². The zero-order valence-corrected chi connectivity index (χ0v) is 40.8. The lowest BCUT2D eigenvalue weighted by atomic mass is 9.74. The highest BCUT2D eigenvalue weighted by Crippen LogP contribution is 2.45. The van der Waals surface area contributed by atoms with Gasteiger partial charge in [0.2, 0.25) is 0 Å². The molecule has 0 heterocycles. The Bertz CT molecular complexity index is 3010. The highest BCUT2D eigenvalue weighted by atomic mass is 16.5. The average molecular weight is 879 g/mol. The van der Waals surface area contributed by atoms with Crippen LogP contribution in [-0.2, 0) is 10.2 Å². The van der Waals surface area contributed by atoms with Gasteiger partial charge in [0.15, 0.2) is 0 Å². The van der Waals surface area contributed by atoms with Crippen LogP contribution in [0.25, 0.3) is 22.3 Å². The molecule has 4 heteroatoms. The van der Waals surface area contributed by atoms with E-state index in [1.807, 2.05) is 24.3 Å². The highest BCUT2D eigenvalue weighted by molar-refractivity contribution is 5.89. The summed E-state index contributed by atoms with van der Waals surface area (Å²) in [5.41, 5.74) is 22.5. The van der Waals surface area contributed by atoms with E-state index < -0.39 is 5.97 Å². The summed E-state index contributed by atoms with van der Waals surface area (Å²) in [5, 5.41) is 0. The number of hydrogen-bond donors (Lipinski definition) is 0. The highest BCUT2D eigenvalue weighted by Gasteiger charge is 2.29. The third kappa shape index (κ3) is 9.62. The summed E-state index contributed by atoms with van der Waals surface area (Å²) in [5.74, 6) is 0.0352. The van der Waals surface area contributed by atoms with Gasteiger partial charge in [-0.25, -0.2) is 4.79 Å². The summed E-state index contributed by atoms with van der Waals surface area (Å²) >= 11 is 0. The first-order valence-corrected chi connectivity index (χ1v) is 23.4. The molecule has 8 aromatic rings. The van der Waals surface area contributed by atoms with E-state index in [4.69, 9.17) is 4.74 Å². The van der Waals surface area contributed by atoms with Crippen LogP contribution in [0.15, 0.2) is 182 Å². The number of esters is 1. The molecule has 0 radical (unpaired) electrons. The maximum atomic E-state index is 12.4. The van der Waals surface area contributed by atoms with Crippen LogP contribution in [0, 0.1) is 48.5 Å². The van der Waals surface area contributed by atoms with Crippen molar-refractivity contribution >= 4 is 40.1 Å². The molecule has 0 spiro atoms. The molecule has 0 saturated heterocycles. The number of ether oxygens (including phenoxy) is 1. The largest absolute Gasteiger partial charge is 0.423 e. The molecular formula is C63H62N2O2. The van der Waals surface area contributed by atoms with Crippen LogP contribution in [0.3, 0.4) is 0 Å². The fourth-order valence-corrected chi connectivity index (χ4v) is 9.34. The average Bonchev–Trinajstić information content (AvgIpc) is 3.32. The molecule has 4 nitrogen and oxygen atoms in total. The van der Waals surface area contributed by atoms with Gasteiger partial charge >= 0.3 is 5.97 Å². The van der Waals surface area contributed by atoms with Crippen LogP contribution in [-0.4, -0.2) is 5.97 Å². The van der Waals surface area contributed by atoms with Gasteiger partial charge in [0.05, 0.1) is 11.4 Å². The first-order valence-electron chi connectivity index (χ1n) is 23.4. The fourth-order valence-electron chi connectivity index (χ4n) is 9.34. The fraction of sp³-hybridized carbons (Fsp3) is 0.190. The van der Waals surface area contributed by atoms with E-state index in [1.165, 1.54) is 66.9 Å². The maximum Gasteiger partial charge on any atom is 0.338 e. The van der Waals surface area contributed by atoms with Gasteiger partial charge in [-0.15, -0.1) is 0 Å². The molecule has 0 aliphatic rings.